The number of amides is 1. The van der Waals surface area contributed by atoms with Crippen molar-refractivity contribution >= 4 is 17.7 Å². The third-order valence-corrected chi connectivity index (χ3v) is 5.70. The topological polar surface area (TPSA) is 73.4 Å². The molecule has 0 aromatic carbocycles. The third kappa shape index (κ3) is 6.34. The number of piperidine rings is 2. The molecule has 150 valence electrons. The molecule has 0 spiro atoms. The van der Waals surface area contributed by atoms with Gasteiger partial charge in [-0.05, 0) is 63.7 Å². The second kappa shape index (κ2) is 10.4. The van der Waals surface area contributed by atoms with Gasteiger partial charge in [-0.2, -0.15) is 4.98 Å². The molecule has 0 aliphatic carbocycles. The molecule has 7 nitrogen and oxygen atoms in total. The van der Waals surface area contributed by atoms with E-state index in [0.29, 0.717) is 18.3 Å². The molecule has 0 unspecified atom stereocenters. The highest BCUT2D eigenvalue weighted by Gasteiger charge is 2.22. The maximum Gasteiger partial charge on any atom is 0.224 e. The van der Waals surface area contributed by atoms with Gasteiger partial charge in [0.05, 0.1) is 0 Å². The summed E-state index contributed by atoms with van der Waals surface area (Å²) in [6, 6.07) is 1.95. The highest BCUT2D eigenvalue weighted by molar-refractivity contribution is 5.76. The van der Waals surface area contributed by atoms with Crippen LogP contribution in [-0.2, 0) is 4.79 Å². The van der Waals surface area contributed by atoms with Crippen molar-refractivity contribution in [2.45, 2.75) is 44.9 Å². The third-order valence-electron chi connectivity index (χ3n) is 5.70. The summed E-state index contributed by atoms with van der Waals surface area (Å²) < 4.78 is 0. The normalized spacial score (nSPS) is 19.1. The molecule has 1 amide bonds. The summed E-state index contributed by atoms with van der Waals surface area (Å²) in [5.41, 5.74) is 0. The fraction of sp³-hybridized carbons (Fsp3) is 0.750. The fourth-order valence-corrected chi connectivity index (χ4v) is 4.06. The van der Waals surface area contributed by atoms with Crippen LogP contribution in [0.1, 0.15) is 44.9 Å². The molecule has 0 radical (unpaired) electrons. The number of hydrogen-bond donors (Lipinski definition) is 2. The lowest BCUT2D eigenvalue weighted by atomic mass is 9.93. The van der Waals surface area contributed by atoms with E-state index in [9.17, 15) is 4.79 Å². The molecule has 0 saturated carbocycles. The molecule has 2 saturated heterocycles. The van der Waals surface area contributed by atoms with Gasteiger partial charge in [-0.3, -0.25) is 4.79 Å². The van der Waals surface area contributed by atoms with E-state index in [-0.39, 0.29) is 5.91 Å². The van der Waals surface area contributed by atoms with Crippen molar-refractivity contribution < 1.29 is 4.79 Å². The Morgan fingerprint density at radius 2 is 1.96 bits per heavy atom. The monoisotopic (exact) mass is 374 g/mol. The Hall–Kier alpha value is -1.89. The summed E-state index contributed by atoms with van der Waals surface area (Å²) >= 11 is 0. The maximum absolute atomic E-state index is 12.2. The van der Waals surface area contributed by atoms with Crippen LogP contribution in [-0.4, -0.2) is 67.1 Å². The Labute approximate surface area is 162 Å². The van der Waals surface area contributed by atoms with Crippen molar-refractivity contribution in [1.29, 1.82) is 0 Å². The summed E-state index contributed by atoms with van der Waals surface area (Å²) in [7, 11) is 1.83. The Balaban J connectivity index is 1.30. The lowest BCUT2D eigenvalue weighted by molar-refractivity contribution is -0.122. The smallest absolute Gasteiger partial charge is 0.224 e. The Morgan fingerprint density at radius 3 is 2.70 bits per heavy atom. The van der Waals surface area contributed by atoms with Gasteiger partial charge in [0.2, 0.25) is 11.9 Å². The average Bonchev–Trinajstić information content (AvgIpc) is 2.72. The second-order valence-corrected chi connectivity index (χ2v) is 7.73. The molecule has 2 aliphatic heterocycles. The van der Waals surface area contributed by atoms with Gasteiger partial charge in [0.1, 0.15) is 5.82 Å². The molecule has 0 atom stereocenters. The molecular weight excluding hydrogens is 340 g/mol. The summed E-state index contributed by atoms with van der Waals surface area (Å²) in [6.07, 6.45) is 9.62. The van der Waals surface area contributed by atoms with E-state index < -0.39 is 0 Å². The van der Waals surface area contributed by atoms with Gasteiger partial charge in [0, 0.05) is 39.3 Å². The Kier molecular flexibility index (Phi) is 7.68. The van der Waals surface area contributed by atoms with Crippen molar-refractivity contribution in [2.75, 3.05) is 56.5 Å². The molecule has 1 aromatic rings. The standard InChI is InChI=1S/C20H34N6O/c1-21-20-23-10-6-18(24-20)26-14-7-17(8-15-26)16-19(27)22-9-5-13-25-11-3-2-4-12-25/h6,10,17H,2-5,7-9,11-16H2,1H3,(H,22,27)(H,21,23,24). The number of aromatic nitrogens is 2. The van der Waals surface area contributed by atoms with E-state index in [1.165, 1.54) is 32.4 Å². The molecule has 0 bridgehead atoms. The quantitative estimate of drug-likeness (QED) is 0.679. The van der Waals surface area contributed by atoms with Crippen LogP contribution >= 0.6 is 0 Å². The van der Waals surface area contributed by atoms with Crippen molar-refractivity contribution in [1.82, 2.24) is 20.2 Å². The van der Waals surface area contributed by atoms with Crippen LogP contribution in [0.3, 0.4) is 0 Å². The molecule has 3 rings (SSSR count). The molecule has 3 heterocycles. The van der Waals surface area contributed by atoms with Crippen LogP contribution in [0.25, 0.3) is 0 Å². The van der Waals surface area contributed by atoms with Gasteiger partial charge in [0.25, 0.3) is 0 Å². The van der Waals surface area contributed by atoms with Crippen LogP contribution in [0.2, 0.25) is 0 Å². The van der Waals surface area contributed by atoms with Gasteiger partial charge < -0.3 is 20.4 Å². The lowest BCUT2D eigenvalue weighted by Gasteiger charge is -2.32. The lowest BCUT2D eigenvalue weighted by Crippen LogP contribution is -2.37. The first-order chi connectivity index (χ1) is 13.2. The van der Waals surface area contributed by atoms with Gasteiger partial charge in [-0.15, -0.1) is 0 Å². The zero-order chi connectivity index (χ0) is 18.9. The minimum Gasteiger partial charge on any atom is -0.357 e. The number of nitrogens with zero attached hydrogens (tertiary/aromatic N) is 4. The predicted molar refractivity (Wildman–Crippen MR) is 109 cm³/mol. The summed E-state index contributed by atoms with van der Waals surface area (Å²) in [5, 5.41) is 6.10. The molecule has 2 fully saturated rings. The van der Waals surface area contributed by atoms with E-state index in [1.807, 2.05) is 13.1 Å². The number of anilines is 2. The number of carbonyl (C=O) groups is 1. The highest BCUT2D eigenvalue weighted by Crippen LogP contribution is 2.24. The van der Waals surface area contributed by atoms with Crippen molar-refractivity contribution in [3.05, 3.63) is 12.3 Å². The fourth-order valence-electron chi connectivity index (χ4n) is 4.06. The number of carbonyl (C=O) groups excluding carboxylic acids is 1. The first-order valence-corrected chi connectivity index (χ1v) is 10.5. The number of hydrogen-bond acceptors (Lipinski definition) is 6. The minimum absolute atomic E-state index is 0.214. The summed E-state index contributed by atoms with van der Waals surface area (Å²) in [6.45, 7) is 6.29. The van der Waals surface area contributed by atoms with Crippen molar-refractivity contribution in [3.63, 3.8) is 0 Å². The van der Waals surface area contributed by atoms with Crippen LogP contribution in [0.15, 0.2) is 12.3 Å². The molecular formula is C20H34N6O. The van der Waals surface area contributed by atoms with Crippen LogP contribution in [0.5, 0.6) is 0 Å². The molecule has 27 heavy (non-hydrogen) atoms. The Morgan fingerprint density at radius 1 is 1.19 bits per heavy atom. The minimum atomic E-state index is 0.214. The van der Waals surface area contributed by atoms with Crippen molar-refractivity contribution in [2.24, 2.45) is 5.92 Å². The summed E-state index contributed by atoms with van der Waals surface area (Å²) in [5.74, 6) is 2.31. The Bertz CT molecular complexity index is 582. The van der Waals surface area contributed by atoms with E-state index in [2.05, 4.69) is 30.4 Å². The SMILES string of the molecule is CNc1nccc(N2CCC(CC(=O)NCCCN3CCCCC3)CC2)n1. The maximum atomic E-state index is 12.2. The first kappa shape index (κ1) is 19.9. The largest absolute Gasteiger partial charge is 0.357 e. The van der Waals surface area contributed by atoms with Crippen molar-refractivity contribution in [3.8, 4) is 0 Å². The van der Waals surface area contributed by atoms with E-state index in [0.717, 1.165) is 51.3 Å². The van der Waals surface area contributed by atoms with Gasteiger partial charge in [-0.25, -0.2) is 4.98 Å². The highest BCUT2D eigenvalue weighted by atomic mass is 16.1. The number of rotatable bonds is 8. The van der Waals surface area contributed by atoms with Gasteiger partial charge in [-0.1, -0.05) is 6.42 Å². The van der Waals surface area contributed by atoms with Crippen LogP contribution < -0.4 is 15.5 Å². The van der Waals surface area contributed by atoms with E-state index in [4.69, 9.17) is 0 Å². The number of likely N-dealkylation sites (tertiary alicyclic amines) is 1. The zero-order valence-electron chi connectivity index (χ0n) is 16.6. The van der Waals surface area contributed by atoms with Gasteiger partial charge in [0.15, 0.2) is 0 Å². The molecule has 2 N–H and O–H groups in total. The number of nitrogens with one attached hydrogen (secondary N) is 2. The van der Waals surface area contributed by atoms with E-state index in [1.54, 1.807) is 6.20 Å². The van der Waals surface area contributed by atoms with Crippen LogP contribution in [0.4, 0.5) is 11.8 Å². The second-order valence-electron chi connectivity index (χ2n) is 7.73. The average molecular weight is 375 g/mol. The molecule has 2 aliphatic rings. The van der Waals surface area contributed by atoms with Crippen LogP contribution in [0, 0.1) is 5.92 Å². The predicted octanol–water partition coefficient (Wildman–Crippen LogP) is 2.12. The zero-order valence-corrected chi connectivity index (χ0v) is 16.6. The molecule has 1 aromatic heterocycles. The first-order valence-electron chi connectivity index (χ1n) is 10.5. The summed E-state index contributed by atoms with van der Waals surface area (Å²) in [4.78, 5) is 25.7. The molecule has 7 heteroatoms. The van der Waals surface area contributed by atoms with Gasteiger partial charge >= 0.3 is 0 Å². The van der Waals surface area contributed by atoms with E-state index >= 15 is 0 Å².